The third-order valence-corrected chi connectivity index (χ3v) is 3.02. The molecule has 0 aliphatic carbocycles. The fraction of sp³-hybridized carbons (Fsp3) is 0.667. The number of anilines is 1. The van der Waals surface area contributed by atoms with Crippen LogP contribution in [0.25, 0.3) is 0 Å². The van der Waals surface area contributed by atoms with Crippen LogP contribution in [0.5, 0.6) is 0 Å². The highest BCUT2D eigenvalue weighted by atomic mass is 32.1. The summed E-state index contributed by atoms with van der Waals surface area (Å²) in [6.07, 6.45) is 0.375. The maximum atomic E-state index is 11.3. The van der Waals surface area contributed by atoms with Gasteiger partial charge in [0.1, 0.15) is 0 Å². The van der Waals surface area contributed by atoms with Gasteiger partial charge in [0.25, 0.3) is 0 Å². The minimum Gasteiger partial charge on any atom is -0.466 e. The van der Waals surface area contributed by atoms with Gasteiger partial charge in [-0.15, -0.1) is 11.3 Å². The Labute approximate surface area is 112 Å². The smallest absolute Gasteiger partial charge is 0.311 e. The Bertz CT molecular complexity index is 368. The summed E-state index contributed by atoms with van der Waals surface area (Å²) >= 11 is 1.48. The van der Waals surface area contributed by atoms with Gasteiger partial charge < -0.3 is 14.8 Å². The lowest BCUT2D eigenvalue weighted by molar-refractivity contribution is -0.142. The molecule has 1 N–H and O–H groups in total. The molecule has 0 bridgehead atoms. The van der Waals surface area contributed by atoms with Crippen molar-refractivity contribution in [1.29, 1.82) is 0 Å². The summed E-state index contributed by atoms with van der Waals surface area (Å²) in [5.41, 5.74) is 0.741. The molecular weight excluding hydrogens is 252 g/mol. The Morgan fingerprint density at radius 2 is 2.28 bits per heavy atom. The van der Waals surface area contributed by atoms with Crippen LogP contribution in [-0.4, -0.2) is 36.8 Å². The quantitative estimate of drug-likeness (QED) is 0.734. The highest BCUT2D eigenvalue weighted by Crippen LogP contribution is 2.16. The van der Waals surface area contributed by atoms with Crippen molar-refractivity contribution < 1.29 is 14.3 Å². The average molecular weight is 272 g/mol. The number of ether oxygens (including phenoxy) is 2. The van der Waals surface area contributed by atoms with E-state index in [1.54, 1.807) is 6.92 Å². The van der Waals surface area contributed by atoms with Crippen LogP contribution < -0.4 is 5.32 Å². The monoisotopic (exact) mass is 272 g/mol. The van der Waals surface area contributed by atoms with Crippen molar-refractivity contribution in [3.05, 3.63) is 11.1 Å². The van der Waals surface area contributed by atoms with Crippen LogP contribution >= 0.6 is 11.3 Å². The number of aromatic nitrogens is 1. The standard InChI is InChI=1S/C12H20N2O3S/c1-4-16-9(3)7-13-12-14-10(8-18-12)6-11(15)17-5-2/h8-9H,4-7H2,1-3H3,(H,13,14). The Kier molecular flexibility index (Phi) is 6.67. The van der Waals surface area contributed by atoms with Crippen LogP contribution in [-0.2, 0) is 20.7 Å². The topological polar surface area (TPSA) is 60.5 Å². The van der Waals surface area contributed by atoms with Gasteiger partial charge in [0.15, 0.2) is 5.13 Å². The molecule has 0 aliphatic rings. The first-order valence-corrected chi connectivity index (χ1v) is 6.99. The average Bonchev–Trinajstić information content (AvgIpc) is 2.75. The summed E-state index contributed by atoms with van der Waals surface area (Å²) in [4.78, 5) is 15.6. The zero-order valence-electron chi connectivity index (χ0n) is 11.1. The van der Waals surface area contributed by atoms with Crippen LogP contribution in [0, 0.1) is 0 Å². The van der Waals surface area contributed by atoms with Crippen molar-refractivity contribution in [2.45, 2.75) is 33.3 Å². The van der Waals surface area contributed by atoms with E-state index in [4.69, 9.17) is 9.47 Å². The molecule has 6 heteroatoms. The fourth-order valence-corrected chi connectivity index (χ4v) is 2.12. The number of thiazole rings is 1. The van der Waals surface area contributed by atoms with Crippen LogP contribution in [0.3, 0.4) is 0 Å². The van der Waals surface area contributed by atoms with Gasteiger partial charge in [0.2, 0.25) is 0 Å². The van der Waals surface area contributed by atoms with Crippen molar-refractivity contribution in [3.8, 4) is 0 Å². The summed E-state index contributed by atoms with van der Waals surface area (Å²) in [5.74, 6) is -0.239. The minimum atomic E-state index is -0.239. The van der Waals surface area contributed by atoms with Crippen molar-refractivity contribution in [2.75, 3.05) is 25.1 Å². The van der Waals surface area contributed by atoms with E-state index >= 15 is 0 Å². The predicted molar refractivity (Wildman–Crippen MR) is 72.0 cm³/mol. The van der Waals surface area contributed by atoms with E-state index < -0.39 is 0 Å². The highest BCUT2D eigenvalue weighted by molar-refractivity contribution is 7.13. The van der Waals surface area contributed by atoms with Gasteiger partial charge >= 0.3 is 5.97 Å². The second-order valence-electron chi connectivity index (χ2n) is 3.77. The van der Waals surface area contributed by atoms with Crippen LogP contribution in [0.15, 0.2) is 5.38 Å². The number of nitrogens with zero attached hydrogens (tertiary/aromatic N) is 1. The van der Waals surface area contributed by atoms with Crippen LogP contribution in [0.1, 0.15) is 26.5 Å². The number of rotatable bonds is 8. The number of nitrogens with one attached hydrogen (secondary N) is 1. The van der Waals surface area contributed by atoms with E-state index in [9.17, 15) is 4.79 Å². The number of hydrogen-bond donors (Lipinski definition) is 1. The van der Waals surface area contributed by atoms with E-state index in [2.05, 4.69) is 10.3 Å². The van der Waals surface area contributed by atoms with Gasteiger partial charge in [0.05, 0.1) is 24.8 Å². The number of carbonyl (C=O) groups excluding carboxylic acids is 1. The van der Waals surface area contributed by atoms with Crippen LogP contribution in [0.2, 0.25) is 0 Å². The molecule has 1 atom stereocenters. The lowest BCUT2D eigenvalue weighted by Crippen LogP contribution is -2.19. The molecule has 18 heavy (non-hydrogen) atoms. The zero-order valence-corrected chi connectivity index (χ0v) is 11.9. The fourth-order valence-electron chi connectivity index (χ4n) is 1.40. The van der Waals surface area contributed by atoms with Gasteiger partial charge in [-0.05, 0) is 20.8 Å². The molecule has 1 unspecified atom stereocenters. The minimum absolute atomic E-state index is 0.146. The molecule has 0 aliphatic heterocycles. The second kappa shape index (κ2) is 8.05. The highest BCUT2D eigenvalue weighted by Gasteiger charge is 2.09. The molecule has 0 aromatic carbocycles. The number of carbonyl (C=O) groups is 1. The molecule has 1 aromatic heterocycles. The SMILES string of the molecule is CCOC(=O)Cc1csc(NCC(C)OCC)n1. The molecular formula is C12H20N2O3S. The summed E-state index contributed by atoms with van der Waals surface area (Å²) in [5, 5.41) is 5.86. The van der Waals surface area contributed by atoms with Gasteiger partial charge in [-0.25, -0.2) is 4.98 Å². The van der Waals surface area contributed by atoms with Gasteiger partial charge in [-0.1, -0.05) is 0 Å². The summed E-state index contributed by atoms with van der Waals surface area (Å²) in [6, 6.07) is 0. The maximum Gasteiger partial charge on any atom is 0.311 e. The first kappa shape index (κ1) is 14.9. The molecule has 0 amide bonds. The number of esters is 1. The molecule has 1 rings (SSSR count). The lowest BCUT2D eigenvalue weighted by atomic mass is 10.3. The molecule has 0 fully saturated rings. The third kappa shape index (κ3) is 5.46. The first-order chi connectivity index (χ1) is 8.65. The van der Waals surface area contributed by atoms with Gasteiger partial charge in [-0.3, -0.25) is 4.79 Å². The van der Waals surface area contributed by atoms with E-state index in [1.165, 1.54) is 11.3 Å². The van der Waals surface area contributed by atoms with Crippen molar-refractivity contribution in [1.82, 2.24) is 4.98 Å². The van der Waals surface area contributed by atoms with E-state index in [1.807, 2.05) is 19.2 Å². The molecule has 0 saturated heterocycles. The Hall–Kier alpha value is -1.14. The summed E-state index contributed by atoms with van der Waals surface area (Å²) in [7, 11) is 0. The molecule has 1 heterocycles. The zero-order chi connectivity index (χ0) is 13.4. The van der Waals surface area contributed by atoms with Gasteiger partial charge in [0, 0.05) is 18.5 Å². The Morgan fingerprint density at radius 3 is 2.94 bits per heavy atom. The number of hydrogen-bond acceptors (Lipinski definition) is 6. The van der Waals surface area contributed by atoms with E-state index in [0.717, 1.165) is 10.8 Å². The molecule has 0 radical (unpaired) electrons. The molecule has 0 spiro atoms. The molecule has 5 nitrogen and oxygen atoms in total. The lowest BCUT2D eigenvalue weighted by Gasteiger charge is -2.11. The normalized spacial score (nSPS) is 12.2. The summed E-state index contributed by atoms with van der Waals surface area (Å²) in [6.45, 7) is 7.58. The third-order valence-electron chi connectivity index (χ3n) is 2.17. The van der Waals surface area contributed by atoms with Crippen molar-refractivity contribution in [2.24, 2.45) is 0 Å². The largest absolute Gasteiger partial charge is 0.466 e. The second-order valence-corrected chi connectivity index (χ2v) is 4.63. The summed E-state index contributed by atoms with van der Waals surface area (Å²) < 4.78 is 10.3. The Morgan fingerprint density at radius 1 is 1.50 bits per heavy atom. The first-order valence-electron chi connectivity index (χ1n) is 6.11. The molecule has 0 saturated carbocycles. The predicted octanol–water partition coefficient (Wildman–Crippen LogP) is 2.09. The molecule has 1 aromatic rings. The molecule has 102 valence electrons. The van der Waals surface area contributed by atoms with E-state index in [0.29, 0.717) is 19.8 Å². The van der Waals surface area contributed by atoms with Crippen molar-refractivity contribution >= 4 is 22.4 Å². The Balaban J connectivity index is 2.36. The maximum absolute atomic E-state index is 11.3. The van der Waals surface area contributed by atoms with Crippen molar-refractivity contribution in [3.63, 3.8) is 0 Å². The van der Waals surface area contributed by atoms with Crippen LogP contribution in [0.4, 0.5) is 5.13 Å². The van der Waals surface area contributed by atoms with E-state index in [-0.39, 0.29) is 18.5 Å². The van der Waals surface area contributed by atoms with Gasteiger partial charge in [-0.2, -0.15) is 0 Å².